The quantitative estimate of drug-likeness (QED) is 0.487. The fourth-order valence-electron chi connectivity index (χ4n) is 4.52. The minimum Gasteiger partial charge on any atom is -0.334 e. The smallest absolute Gasteiger partial charge is 0.243 e. The number of carbonyl (C=O) groups is 2. The lowest BCUT2D eigenvalue weighted by atomic mass is 10.1. The van der Waals surface area contributed by atoms with Crippen molar-refractivity contribution in [2.45, 2.75) is 32.7 Å². The number of amides is 2. The fraction of sp³-hybridized carbons (Fsp3) is 0.296. The van der Waals surface area contributed by atoms with Crippen LogP contribution in [0, 0.1) is 13.8 Å². The van der Waals surface area contributed by atoms with E-state index in [1.165, 1.54) is 0 Å². The number of aromatic nitrogens is 2. The van der Waals surface area contributed by atoms with Crippen molar-refractivity contribution in [3.8, 4) is 0 Å². The predicted molar refractivity (Wildman–Crippen MR) is 132 cm³/mol. The lowest BCUT2D eigenvalue weighted by Gasteiger charge is -2.22. The summed E-state index contributed by atoms with van der Waals surface area (Å²) < 4.78 is 1.97. The van der Waals surface area contributed by atoms with Crippen LogP contribution in [0.25, 0.3) is 11.0 Å². The zero-order valence-electron chi connectivity index (χ0n) is 19.3. The molecule has 0 spiro atoms. The highest BCUT2D eigenvalue weighted by molar-refractivity contribution is 5.97. The van der Waals surface area contributed by atoms with Crippen molar-refractivity contribution in [3.63, 3.8) is 0 Å². The SMILES string of the molecule is C=CCN(CC=C)C(=O)Cn1c(C2CC(=O)N(c3cc(C)ccc3C)C2)nc2ccccc21. The Kier molecular flexibility index (Phi) is 6.45. The maximum atomic E-state index is 13.1. The number of anilines is 1. The van der Waals surface area contributed by atoms with E-state index in [0.717, 1.165) is 33.7 Å². The summed E-state index contributed by atoms with van der Waals surface area (Å²) in [4.78, 5) is 34.6. The van der Waals surface area contributed by atoms with Crippen LogP contribution in [-0.4, -0.2) is 45.9 Å². The predicted octanol–water partition coefficient (Wildman–Crippen LogP) is 4.37. The maximum absolute atomic E-state index is 13.1. The van der Waals surface area contributed by atoms with Crippen LogP contribution >= 0.6 is 0 Å². The first kappa shape index (κ1) is 22.5. The van der Waals surface area contributed by atoms with E-state index in [1.807, 2.05) is 53.6 Å². The summed E-state index contributed by atoms with van der Waals surface area (Å²) in [6.07, 6.45) is 3.80. The van der Waals surface area contributed by atoms with Gasteiger partial charge in [-0.3, -0.25) is 9.59 Å². The monoisotopic (exact) mass is 442 g/mol. The maximum Gasteiger partial charge on any atom is 0.243 e. The van der Waals surface area contributed by atoms with Gasteiger partial charge in [0, 0.05) is 37.7 Å². The Bertz CT molecular complexity index is 1220. The van der Waals surface area contributed by atoms with Gasteiger partial charge in [-0.15, -0.1) is 13.2 Å². The molecule has 0 saturated carbocycles. The lowest BCUT2D eigenvalue weighted by Crippen LogP contribution is -2.34. The van der Waals surface area contributed by atoms with Gasteiger partial charge < -0.3 is 14.4 Å². The van der Waals surface area contributed by atoms with Crippen LogP contribution in [0.5, 0.6) is 0 Å². The molecule has 3 aromatic rings. The topological polar surface area (TPSA) is 58.4 Å². The second-order valence-electron chi connectivity index (χ2n) is 8.62. The summed E-state index contributed by atoms with van der Waals surface area (Å²) in [6.45, 7) is 13.2. The molecule has 1 aliphatic heterocycles. The number of hydrogen-bond donors (Lipinski definition) is 0. The van der Waals surface area contributed by atoms with E-state index in [1.54, 1.807) is 17.1 Å². The molecule has 0 aliphatic carbocycles. The third-order valence-corrected chi connectivity index (χ3v) is 6.17. The summed E-state index contributed by atoms with van der Waals surface area (Å²) in [5.74, 6) is 0.737. The molecule has 4 rings (SSSR count). The number of para-hydroxylation sites is 2. The summed E-state index contributed by atoms with van der Waals surface area (Å²) >= 11 is 0. The summed E-state index contributed by atoms with van der Waals surface area (Å²) in [5.41, 5.74) is 4.87. The molecule has 0 N–H and O–H groups in total. The minimum atomic E-state index is -0.0927. The van der Waals surface area contributed by atoms with E-state index in [4.69, 9.17) is 4.98 Å². The Labute approximate surface area is 194 Å². The van der Waals surface area contributed by atoms with E-state index in [2.05, 4.69) is 25.3 Å². The number of fused-ring (bicyclic) bond motifs is 1. The first-order chi connectivity index (χ1) is 15.9. The Morgan fingerprint density at radius 2 is 1.88 bits per heavy atom. The molecule has 170 valence electrons. The van der Waals surface area contributed by atoms with Gasteiger partial charge in [-0.05, 0) is 43.2 Å². The van der Waals surface area contributed by atoms with Crippen molar-refractivity contribution in [1.29, 1.82) is 0 Å². The van der Waals surface area contributed by atoms with Crippen LogP contribution in [0.15, 0.2) is 67.8 Å². The summed E-state index contributed by atoms with van der Waals surface area (Å²) in [5, 5.41) is 0. The molecular weight excluding hydrogens is 412 g/mol. The Hall–Kier alpha value is -3.67. The van der Waals surface area contributed by atoms with E-state index in [9.17, 15) is 9.59 Å². The van der Waals surface area contributed by atoms with Crippen molar-refractivity contribution >= 4 is 28.5 Å². The third kappa shape index (κ3) is 4.46. The highest BCUT2D eigenvalue weighted by atomic mass is 16.2. The van der Waals surface area contributed by atoms with Crippen LogP contribution in [0.2, 0.25) is 0 Å². The van der Waals surface area contributed by atoms with Gasteiger partial charge in [0.1, 0.15) is 12.4 Å². The van der Waals surface area contributed by atoms with Gasteiger partial charge in [-0.2, -0.15) is 0 Å². The third-order valence-electron chi connectivity index (χ3n) is 6.17. The Morgan fingerprint density at radius 1 is 1.15 bits per heavy atom. The number of rotatable bonds is 8. The molecule has 33 heavy (non-hydrogen) atoms. The van der Waals surface area contributed by atoms with Crippen molar-refractivity contribution in [2.24, 2.45) is 0 Å². The van der Waals surface area contributed by atoms with Crippen LogP contribution in [0.1, 0.15) is 29.3 Å². The van der Waals surface area contributed by atoms with Crippen LogP contribution in [-0.2, 0) is 16.1 Å². The molecule has 1 atom stereocenters. The second-order valence-corrected chi connectivity index (χ2v) is 8.62. The van der Waals surface area contributed by atoms with Gasteiger partial charge in [0.25, 0.3) is 0 Å². The molecule has 1 aliphatic rings. The van der Waals surface area contributed by atoms with Crippen LogP contribution < -0.4 is 4.90 Å². The first-order valence-electron chi connectivity index (χ1n) is 11.2. The molecule has 6 heteroatoms. The summed E-state index contributed by atoms with van der Waals surface area (Å²) in [6, 6.07) is 14.0. The van der Waals surface area contributed by atoms with Gasteiger partial charge in [0.2, 0.25) is 11.8 Å². The average Bonchev–Trinajstić information content (AvgIpc) is 3.36. The molecule has 2 heterocycles. The van der Waals surface area contributed by atoms with Gasteiger partial charge in [0.15, 0.2) is 0 Å². The van der Waals surface area contributed by atoms with E-state index in [0.29, 0.717) is 26.1 Å². The van der Waals surface area contributed by atoms with E-state index >= 15 is 0 Å². The molecule has 0 radical (unpaired) electrons. The molecule has 6 nitrogen and oxygen atoms in total. The van der Waals surface area contributed by atoms with Crippen molar-refractivity contribution < 1.29 is 9.59 Å². The molecule has 2 aromatic carbocycles. The highest BCUT2D eigenvalue weighted by Gasteiger charge is 2.35. The zero-order chi connectivity index (χ0) is 23.5. The molecular formula is C27H30N4O2. The highest BCUT2D eigenvalue weighted by Crippen LogP contribution is 2.35. The number of benzene rings is 2. The number of aryl methyl sites for hydroxylation is 2. The zero-order valence-corrected chi connectivity index (χ0v) is 19.3. The minimum absolute atomic E-state index is 0.0325. The lowest BCUT2D eigenvalue weighted by molar-refractivity contribution is -0.130. The van der Waals surface area contributed by atoms with Crippen molar-refractivity contribution in [3.05, 3.63) is 84.7 Å². The van der Waals surface area contributed by atoms with E-state index in [-0.39, 0.29) is 24.3 Å². The largest absolute Gasteiger partial charge is 0.334 e. The summed E-state index contributed by atoms with van der Waals surface area (Å²) in [7, 11) is 0. The average molecular weight is 443 g/mol. The molecule has 1 aromatic heterocycles. The van der Waals surface area contributed by atoms with Gasteiger partial charge >= 0.3 is 0 Å². The van der Waals surface area contributed by atoms with Crippen LogP contribution in [0.4, 0.5) is 5.69 Å². The van der Waals surface area contributed by atoms with Crippen molar-refractivity contribution in [1.82, 2.24) is 14.5 Å². The van der Waals surface area contributed by atoms with Crippen LogP contribution in [0.3, 0.4) is 0 Å². The first-order valence-corrected chi connectivity index (χ1v) is 11.2. The fourth-order valence-corrected chi connectivity index (χ4v) is 4.52. The second kappa shape index (κ2) is 9.45. The van der Waals surface area contributed by atoms with Crippen molar-refractivity contribution in [2.75, 3.05) is 24.5 Å². The number of imidazole rings is 1. The van der Waals surface area contributed by atoms with Gasteiger partial charge in [-0.25, -0.2) is 4.98 Å². The van der Waals surface area contributed by atoms with E-state index < -0.39 is 0 Å². The molecule has 1 saturated heterocycles. The molecule has 2 amide bonds. The number of hydrogen-bond acceptors (Lipinski definition) is 3. The molecule has 0 bridgehead atoms. The Morgan fingerprint density at radius 3 is 2.61 bits per heavy atom. The van der Waals surface area contributed by atoms with Gasteiger partial charge in [0.05, 0.1) is 11.0 Å². The van der Waals surface area contributed by atoms with Gasteiger partial charge in [-0.1, -0.05) is 36.4 Å². The molecule has 1 fully saturated rings. The molecule has 1 unspecified atom stereocenters. The Balaban J connectivity index is 1.69. The standard InChI is InChI=1S/C27H30N4O2/c1-5-13-29(14-6-2)26(33)18-31-23-10-8-7-9-22(23)28-27(31)21-16-25(32)30(17-21)24-15-19(3)11-12-20(24)4/h5-12,15,21H,1-2,13-14,16-18H2,3-4H3. The number of nitrogens with zero attached hydrogens (tertiary/aromatic N) is 4. The normalized spacial score (nSPS) is 15.8. The number of carbonyl (C=O) groups excluding carboxylic acids is 2.